The van der Waals surface area contributed by atoms with Crippen LogP contribution in [0.2, 0.25) is 0 Å². The number of hydrogen-bond donors (Lipinski definition) is 3. The highest BCUT2D eigenvalue weighted by molar-refractivity contribution is 6.24. The zero-order valence-electron chi connectivity index (χ0n) is 13.2. The van der Waals surface area contributed by atoms with Crippen molar-refractivity contribution in [3.63, 3.8) is 0 Å². The number of ether oxygens (including phenoxy) is 1. The Labute approximate surface area is 135 Å². The molecule has 6 N–H and O–H groups in total. The first-order chi connectivity index (χ1) is 10.9. The second-order valence-corrected chi connectivity index (χ2v) is 5.22. The van der Waals surface area contributed by atoms with Gasteiger partial charge in [-0.2, -0.15) is 0 Å². The van der Waals surface area contributed by atoms with Gasteiger partial charge in [-0.25, -0.2) is 0 Å². The van der Waals surface area contributed by atoms with Crippen LogP contribution in [-0.4, -0.2) is 43.8 Å². The number of methoxy groups -OCH3 is 1. The lowest BCUT2D eigenvalue weighted by Gasteiger charge is -2.29. The van der Waals surface area contributed by atoms with Gasteiger partial charge in [0.1, 0.15) is 0 Å². The summed E-state index contributed by atoms with van der Waals surface area (Å²) in [6, 6.07) is 8.03. The normalized spacial score (nSPS) is 14.6. The Morgan fingerprint density at radius 2 is 1.78 bits per heavy atom. The fraction of sp³-hybridized carbons (Fsp3) is 0.438. The van der Waals surface area contributed by atoms with Crippen molar-refractivity contribution in [3.8, 4) is 0 Å². The van der Waals surface area contributed by atoms with Crippen LogP contribution >= 0.6 is 0 Å². The van der Waals surface area contributed by atoms with E-state index in [0.717, 1.165) is 12.7 Å². The summed E-state index contributed by atoms with van der Waals surface area (Å²) in [4.78, 5) is 37.3. The molecule has 0 fully saturated rings. The first kappa shape index (κ1) is 19.0. The Bertz CT molecular complexity index is 544. The Hall–Kier alpha value is -2.09. The Kier molecular flexibility index (Phi) is 7.02. The second-order valence-electron chi connectivity index (χ2n) is 5.22. The van der Waals surface area contributed by atoms with Gasteiger partial charge in [-0.1, -0.05) is 30.3 Å². The third kappa shape index (κ3) is 4.01. The van der Waals surface area contributed by atoms with E-state index in [-0.39, 0.29) is 19.4 Å². The zero-order valence-corrected chi connectivity index (χ0v) is 13.2. The van der Waals surface area contributed by atoms with Gasteiger partial charge in [0.2, 0.25) is 0 Å². The van der Waals surface area contributed by atoms with Crippen LogP contribution in [0.5, 0.6) is 0 Å². The number of nitrogens with two attached hydrogens (primary N) is 3. The maximum absolute atomic E-state index is 12.8. The Morgan fingerprint density at radius 1 is 1.17 bits per heavy atom. The van der Waals surface area contributed by atoms with Gasteiger partial charge in [-0.3, -0.25) is 14.4 Å². The van der Waals surface area contributed by atoms with Gasteiger partial charge in [0.25, 0.3) is 0 Å². The summed E-state index contributed by atoms with van der Waals surface area (Å²) in [5.41, 5.74) is 15.6. The summed E-state index contributed by atoms with van der Waals surface area (Å²) in [5.74, 6) is -2.41. The maximum Gasteiger partial charge on any atom is 0.327 e. The third-order valence-electron chi connectivity index (χ3n) is 3.77. The molecule has 7 heteroatoms. The number of carbonyl (C=O) groups is 3. The van der Waals surface area contributed by atoms with E-state index < -0.39 is 35.5 Å². The van der Waals surface area contributed by atoms with Gasteiger partial charge in [-0.15, -0.1) is 0 Å². The third-order valence-corrected chi connectivity index (χ3v) is 3.77. The van der Waals surface area contributed by atoms with Crippen LogP contribution in [0.4, 0.5) is 0 Å². The molecule has 0 aliphatic rings. The lowest BCUT2D eigenvalue weighted by Crippen LogP contribution is -2.56. The summed E-state index contributed by atoms with van der Waals surface area (Å²) in [6.45, 7) is -0.524. The van der Waals surface area contributed by atoms with Crippen molar-refractivity contribution in [1.29, 1.82) is 0 Å². The molecular formula is C16H23N3O4. The van der Waals surface area contributed by atoms with E-state index in [2.05, 4.69) is 4.74 Å². The number of hydrogen-bond acceptors (Lipinski definition) is 7. The summed E-state index contributed by atoms with van der Waals surface area (Å²) >= 11 is 0. The van der Waals surface area contributed by atoms with Gasteiger partial charge in [0.15, 0.2) is 17.0 Å². The van der Waals surface area contributed by atoms with Crippen LogP contribution in [0.15, 0.2) is 30.3 Å². The summed E-state index contributed by atoms with van der Waals surface area (Å²) in [5, 5.41) is 0. The summed E-state index contributed by atoms with van der Waals surface area (Å²) in [6.07, 6.45) is 0.0118. The fourth-order valence-corrected chi connectivity index (χ4v) is 2.56. The number of benzene rings is 1. The first-order valence-electron chi connectivity index (χ1n) is 7.29. The monoisotopic (exact) mass is 321 g/mol. The van der Waals surface area contributed by atoms with E-state index in [1.807, 2.05) is 18.2 Å². The molecule has 126 valence electrons. The standard InChI is InChI=1S/C16H23N3O4/c1-23-15(22)16(7-8-17,13(20)10-18)14(21)12(19)9-11-5-3-2-4-6-11/h2-6,12H,7-10,17-19H2,1H3. The van der Waals surface area contributed by atoms with E-state index in [1.165, 1.54) is 0 Å². The van der Waals surface area contributed by atoms with Crippen molar-refractivity contribution in [1.82, 2.24) is 0 Å². The molecule has 23 heavy (non-hydrogen) atoms. The van der Waals surface area contributed by atoms with Gasteiger partial charge in [0.05, 0.1) is 19.7 Å². The topological polar surface area (TPSA) is 138 Å². The molecule has 1 aromatic carbocycles. The minimum Gasteiger partial charge on any atom is -0.468 e. The SMILES string of the molecule is COC(=O)C(CCN)(C(=O)CN)C(=O)C(N)Cc1ccccc1. The largest absolute Gasteiger partial charge is 0.468 e. The highest BCUT2D eigenvalue weighted by Gasteiger charge is 2.53. The first-order valence-corrected chi connectivity index (χ1v) is 7.29. The molecule has 0 spiro atoms. The zero-order chi connectivity index (χ0) is 17.5. The van der Waals surface area contributed by atoms with Crippen LogP contribution in [-0.2, 0) is 25.5 Å². The van der Waals surface area contributed by atoms with Crippen LogP contribution < -0.4 is 17.2 Å². The molecule has 0 radical (unpaired) electrons. The number of esters is 1. The van der Waals surface area contributed by atoms with Crippen LogP contribution in [0.25, 0.3) is 0 Å². The molecule has 0 saturated heterocycles. The Balaban J connectivity index is 3.16. The average Bonchev–Trinajstić information content (AvgIpc) is 2.58. The van der Waals surface area contributed by atoms with Crippen molar-refractivity contribution in [2.24, 2.45) is 22.6 Å². The molecule has 0 amide bonds. The van der Waals surface area contributed by atoms with Gasteiger partial charge in [0, 0.05) is 0 Å². The van der Waals surface area contributed by atoms with Gasteiger partial charge < -0.3 is 21.9 Å². The number of Topliss-reactive ketones (excluding diaryl/α,β-unsaturated/α-hetero) is 2. The molecule has 0 heterocycles. The number of rotatable bonds is 9. The molecule has 1 rings (SSSR count). The average molecular weight is 321 g/mol. The lowest BCUT2D eigenvalue weighted by atomic mass is 9.73. The van der Waals surface area contributed by atoms with Crippen molar-refractivity contribution in [2.45, 2.75) is 18.9 Å². The maximum atomic E-state index is 12.8. The van der Waals surface area contributed by atoms with Gasteiger partial charge >= 0.3 is 5.97 Å². The molecule has 0 aromatic heterocycles. The van der Waals surface area contributed by atoms with Crippen LogP contribution in [0.3, 0.4) is 0 Å². The van der Waals surface area contributed by atoms with Crippen LogP contribution in [0, 0.1) is 5.41 Å². The number of ketones is 2. The second kappa shape index (κ2) is 8.52. The highest BCUT2D eigenvalue weighted by atomic mass is 16.5. The summed E-state index contributed by atoms with van der Waals surface area (Å²) < 4.78 is 4.67. The molecule has 7 nitrogen and oxygen atoms in total. The minimum atomic E-state index is -2.04. The smallest absolute Gasteiger partial charge is 0.327 e. The lowest BCUT2D eigenvalue weighted by molar-refractivity contribution is -0.163. The fourth-order valence-electron chi connectivity index (χ4n) is 2.56. The predicted octanol–water partition coefficient (Wildman–Crippen LogP) is -0.838. The van der Waals surface area contributed by atoms with E-state index in [1.54, 1.807) is 12.1 Å². The molecule has 2 atom stereocenters. The highest BCUT2D eigenvalue weighted by Crippen LogP contribution is 2.28. The van der Waals surface area contributed by atoms with Crippen molar-refractivity contribution in [2.75, 3.05) is 20.2 Å². The molecule has 0 saturated carbocycles. The molecule has 2 unspecified atom stereocenters. The van der Waals surface area contributed by atoms with E-state index in [9.17, 15) is 14.4 Å². The summed E-state index contributed by atoms with van der Waals surface area (Å²) in [7, 11) is 1.10. The molecular weight excluding hydrogens is 298 g/mol. The molecule has 0 bridgehead atoms. The predicted molar refractivity (Wildman–Crippen MR) is 85.3 cm³/mol. The Morgan fingerprint density at radius 3 is 2.26 bits per heavy atom. The van der Waals surface area contributed by atoms with E-state index in [0.29, 0.717) is 0 Å². The number of carbonyl (C=O) groups excluding carboxylic acids is 3. The van der Waals surface area contributed by atoms with Crippen molar-refractivity contribution in [3.05, 3.63) is 35.9 Å². The quantitative estimate of drug-likeness (QED) is 0.398. The van der Waals surface area contributed by atoms with E-state index >= 15 is 0 Å². The molecule has 0 aliphatic carbocycles. The van der Waals surface area contributed by atoms with Crippen LogP contribution in [0.1, 0.15) is 12.0 Å². The minimum absolute atomic E-state index is 0.0510. The molecule has 1 aromatic rings. The van der Waals surface area contributed by atoms with Gasteiger partial charge in [-0.05, 0) is 24.9 Å². The van der Waals surface area contributed by atoms with Crippen molar-refractivity contribution < 1.29 is 19.1 Å². The van der Waals surface area contributed by atoms with E-state index in [4.69, 9.17) is 17.2 Å². The van der Waals surface area contributed by atoms with Crippen molar-refractivity contribution >= 4 is 17.5 Å². The molecule has 0 aliphatic heterocycles.